The number of halogens is 1. The molecule has 7 heteroatoms. The van der Waals surface area contributed by atoms with Crippen LogP contribution in [0.4, 0.5) is 5.69 Å². The maximum Gasteiger partial charge on any atom is 0.348 e. The first-order valence-electron chi connectivity index (χ1n) is 5.91. The number of carbonyl (C=O) groups excluding carboxylic acids is 1. The van der Waals surface area contributed by atoms with Gasteiger partial charge >= 0.3 is 5.97 Å². The van der Waals surface area contributed by atoms with Crippen molar-refractivity contribution < 1.29 is 9.53 Å². The number of nitrogens with two attached hydrogens (primary N) is 1. The Morgan fingerprint density at radius 1 is 1.45 bits per heavy atom. The fourth-order valence-electron chi connectivity index (χ4n) is 1.90. The first-order chi connectivity index (χ1) is 8.93. The van der Waals surface area contributed by atoms with E-state index in [1.165, 1.54) is 18.4 Å². The number of ether oxygens (including phenoxy) is 1. The van der Waals surface area contributed by atoms with Crippen LogP contribution in [0.2, 0.25) is 0 Å². The Morgan fingerprint density at radius 2 is 2.10 bits per heavy atom. The molecule has 0 fully saturated rings. The van der Waals surface area contributed by atoms with E-state index in [1.54, 1.807) is 0 Å². The van der Waals surface area contributed by atoms with Crippen LogP contribution < -0.4 is 5.73 Å². The Morgan fingerprint density at radius 3 is 2.60 bits per heavy atom. The second kappa shape index (κ2) is 6.28. The van der Waals surface area contributed by atoms with Crippen molar-refractivity contribution in [2.75, 3.05) is 12.8 Å². The standard InChI is InChI=1S/C13H17N3O2S.ClH/c1-7-12(14)8(2)16(15-7)6-10-5-11(13(17)18-4)19-9(10)3;/h5H,6,14H2,1-4H3;1H. The highest BCUT2D eigenvalue weighted by Gasteiger charge is 2.15. The maximum atomic E-state index is 11.5. The fourth-order valence-corrected chi connectivity index (χ4v) is 2.86. The van der Waals surface area contributed by atoms with Crippen molar-refractivity contribution in [3.8, 4) is 0 Å². The normalized spacial score (nSPS) is 10.2. The van der Waals surface area contributed by atoms with Gasteiger partial charge in [-0.15, -0.1) is 23.7 Å². The number of hydrogen-bond donors (Lipinski definition) is 1. The van der Waals surface area contributed by atoms with Crippen LogP contribution in [0.5, 0.6) is 0 Å². The molecule has 0 saturated carbocycles. The molecule has 0 aliphatic rings. The summed E-state index contributed by atoms with van der Waals surface area (Å²) in [6.45, 7) is 6.43. The molecule has 0 amide bonds. The summed E-state index contributed by atoms with van der Waals surface area (Å²) >= 11 is 1.44. The van der Waals surface area contributed by atoms with E-state index in [2.05, 4.69) is 5.10 Å². The summed E-state index contributed by atoms with van der Waals surface area (Å²) in [6.07, 6.45) is 0. The van der Waals surface area contributed by atoms with E-state index in [0.717, 1.165) is 27.5 Å². The SMILES string of the molecule is COC(=O)c1cc(Cn2nc(C)c(N)c2C)c(C)s1.Cl. The minimum absolute atomic E-state index is 0. The highest BCUT2D eigenvalue weighted by Crippen LogP contribution is 2.24. The lowest BCUT2D eigenvalue weighted by Crippen LogP contribution is -2.04. The van der Waals surface area contributed by atoms with E-state index in [-0.39, 0.29) is 18.4 Å². The molecule has 0 radical (unpaired) electrons. The molecule has 2 N–H and O–H groups in total. The van der Waals surface area contributed by atoms with Gasteiger partial charge in [0.05, 0.1) is 30.7 Å². The summed E-state index contributed by atoms with van der Waals surface area (Å²) in [6, 6.07) is 1.86. The molecule has 5 nitrogen and oxygen atoms in total. The van der Waals surface area contributed by atoms with Crippen LogP contribution in [0.25, 0.3) is 0 Å². The van der Waals surface area contributed by atoms with Crippen LogP contribution >= 0.6 is 23.7 Å². The molecule has 110 valence electrons. The van der Waals surface area contributed by atoms with Crippen molar-refractivity contribution in [1.82, 2.24) is 9.78 Å². The van der Waals surface area contributed by atoms with Gasteiger partial charge in [-0.1, -0.05) is 0 Å². The highest BCUT2D eigenvalue weighted by molar-refractivity contribution is 7.14. The molecule has 0 unspecified atom stereocenters. The van der Waals surface area contributed by atoms with Gasteiger partial charge in [-0.2, -0.15) is 5.10 Å². The molecular formula is C13H18ClN3O2S. The lowest BCUT2D eigenvalue weighted by molar-refractivity contribution is 0.0606. The number of anilines is 1. The van der Waals surface area contributed by atoms with Gasteiger partial charge in [0, 0.05) is 4.88 Å². The van der Waals surface area contributed by atoms with Crippen LogP contribution in [-0.4, -0.2) is 22.9 Å². The summed E-state index contributed by atoms with van der Waals surface area (Å²) in [5.41, 5.74) is 9.48. The molecule has 2 rings (SSSR count). The highest BCUT2D eigenvalue weighted by atomic mass is 35.5. The van der Waals surface area contributed by atoms with Crippen molar-refractivity contribution >= 4 is 35.4 Å². The molecule has 0 atom stereocenters. The molecule has 0 bridgehead atoms. The van der Waals surface area contributed by atoms with E-state index in [0.29, 0.717) is 11.4 Å². The minimum Gasteiger partial charge on any atom is -0.465 e. The molecule has 0 aliphatic heterocycles. The van der Waals surface area contributed by atoms with Crippen LogP contribution in [0.1, 0.15) is 31.5 Å². The summed E-state index contributed by atoms with van der Waals surface area (Å²) in [5, 5.41) is 4.40. The molecule has 0 aromatic carbocycles. The Balaban J connectivity index is 0.00000200. The lowest BCUT2D eigenvalue weighted by atomic mass is 10.2. The Labute approximate surface area is 128 Å². The molecule has 0 spiro atoms. The average molecular weight is 316 g/mol. The Kier molecular flexibility index (Phi) is 5.19. The van der Waals surface area contributed by atoms with Gasteiger partial charge in [-0.05, 0) is 32.4 Å². The number of carbonyl (C=O) groups is 1. The smallest absolute Gasteiger partial charge is 0.348 e. The van der Waals surface area contributed by atoms with Crippen molar-refractivity contribution in [1.29, 1.82) is 0 Å². The van der Waals surface area contributed by atoms with E-state index in [4.69, 9.17) is 10.5 Å². The van der Waals surface area contributed by atoms with Gasteiger partial charge in [-0.3, -0.25) is 4.68 Å². The van der Waals surface area contributed by atoms with Crippen LogP contribution in [-0.2, 0) is 11.3 Å². The number of aryl methyl sites for hydroxylation is 2. The average Bonchev–Trinajstić information content (AvgIpc) is 2.86. The van der Waals surface area contributed by atoms with Crippen molar-refractivity contribution in [2.24, 2.45) is 0 Å². The van der Waals surface area contributed by atoms with Gasteiger partial charge in [0.2, 0.25) is 0 Å². The maximum absolute atomic E-state index is 11.5. The van der Waals surface area contributed by atoms with Crippen LogP contribution in [0.3, 0.4) is 0 Å². The van der Waals surface area contributed by atoms with Crippen LogP contribution in [0.15, 0.2) is 6.07 Å². The van der Waals surface area contributed by atoms with E-state index < -0.39 is 0 Å². The molecular weight excluding hydrogens is 298 g/mol. The molecule has 2 aromatic rings. The molecule has 2 aromatic heterocycles. The lowest BCUT2D eigenvalue weighted by Gasteiger charge is -2.03. The zero-order chi connectivity index (χ0) is 14.2. The molecule has 20 heavy (non-hydrogen) atoms. The Bertz CT molecular complexity index is 634. The number of aromatic nitrogens is 2. The number of methoxy groups -OCH3 is 1. The number of thiophene rings is 1. The van der Waals surface area contributed by atoms with Gasteiger partial charge in [0.1, 0.15) is 4.88 Å². The van der Waals surface area contributed by atoms with E-state index in [9.17, 15) is 4.79 Å². The third kappa shape index (κ3) is 2.96. The Hall–Kier alpha value is -1.53. The first kappa shape index (κ1) is 16.5. The molecule has 0 aliphatic carbocycles. The van der Waals surface area contributed by atoms with Gasteiger partial charge in [0.25, 0.3) is 0 Å². The second-order valence-electron chi connectivity index (χ2n) is 4.43. The summed E-state index contributed by atoms with van der Waals surface area (Å²) in [7, 11) is 1.39. The summed E-state index contributed by atoms with van der Waals surface area (Å²) in [4.78, 5) is 13.2. The third-order valence-corrected chi connectivity index (χ3v) is 4.24. The number of esters is 1. The summed E-state index contributed by atoms with van der Waals surface area (Å²) < 4.78 is 6.59. The van der Waals surface area contributed by atoms with Crippen LogP contribution in [0, 0.1) is 20.8 Å². The largest absolute Gasteiger partial charge is 0.465 e. The predicted molar refractivity (Wildman–Crippen MR) is 82.9 cm³/mol. The fraction of sp³-hybridized carbons (Fsp3) is 0.385. The van der Waals surface area contributed by atoms with Crippen molar-refractivity contribution in [3.63, 3.8) is 0 Å². The topological polar surface area (TPSA) is 70.1 Å². The first-order valence-corrected chi connectivity index (χ1v) is 6.72. The third-order valence-electron chi connectivity index (χ3n) is 3.16. The zero-order valence-corrected chi connectivity index (χ0v) is 13.5. The second-order valence-corrected chi connectivity index (χ2v) is 5.68. The summed E-state index contributed by atoms with van der Waals surface area (Å²) in [5.74, 6) is -0.299. The minimum atomic E-state index is -0.299. The molecule has 2 heterocycles. The van der Waals surface area contributed by atoms with E-state index in [1.807, 2.05) is 31.5 Å². The number of hydrogen-bond acceptors (Lipinski definition) is 5. The van der Waals surface area contributed by atoms with Crippen molar-refractivity contribution in [3.05, 3.63) is 32.8 Å². The number of rotatable bonds is 3. The van der Waals surface area contributed by atoms with Gasteiger partial charge in [0.15, 0.2) is 0 Å². The zero-order valence-electron chi connectivity index (χ0n) is 11.9. The van der Waals surface area contributed by atoms with E-state index >= 15 is 0 Å². The quantitative estimate of drug-likeness (QED) is 0.884. The van der Waals surface area contributed by atoms with Crippen molar-refractivity contribution in [2.45, 2.75) is 27.3 Å². The van der Waals surface area contributed by atoms with Gasteiger partial charge in [-0.25, -0.2) is 4.79 Å². The van der Waals surface area contributed by atoms with Gasteiger partial charge < -0.3 is 10.5 Å². The monoisotopic (exact) mass is 315 g/mol. The number of nitrogen functional groups attached to an aromatic ring is 1. The molecule has 0 saturated heterocycles. The predicted octanol–water partition coefficient (Wildman–Crippen LogP) is 2.71. The number of nitrogens with zero attached hydrogens (tertiary/aromatic N) is 2.